The van der Waals surface area contributed by atoms with E-state index in [0.29, 0.717) is 9.92 Å². The molecule has 0 saturated carbocycles. The second-order valence-corrected chi connectivity index (χ2v) is 9.73. The average molecular weight is 399 g/mol. The van der Waals surface area contributed by atoms with Gasteiger partial charge in [-0.3, -0.25) is 0 Å². The van der Waals surface area contributed by atoms with Gasteiger partial charge in [0.05, 0.1) is 20.5 Å². The van der Waals surface area contributed by atoms with Crippen LogP contribution in [-0.2, 0) is 16.6 Å². The Morgan fingerprint density at radius 1 is 1.25 bits per heavy atom. The van der Waals surface area contributed by atoms with E-state index in [1.165, 1.54) is 11.3 Å². The molecule has 0 aliphatic carbocycles. The summed E-state index contributed by atoms with van der Waals surface area (Å²) in [5, 5.41) is 3.48. The van der Waals surface area contributed by atoms with E-state index in [1.54, 1.807) is 42.5 Å². The lowest BCUT2D eigenvalue weighted by molar-refractivity contribution is 0.581. The minimum atomic E-state index is -3.59. The van der Waals surface area contributed by atoms with E-state index in [1.807, 2.05) is 18.4 Å². The topological polar surface area (TPSA) is 59.1 Å². The summed E-state index contributed by atoms with van der Waals surface area (Å²) in [6.07, 6.45) is 0. The van der Waals surface area contributed by atoms with Gasteiger partial charge in [0.2, 0.25) is 10.0 Å². The van der Waals surface area contributed by atoms with Crippen LogP contribution < -0.4 is 4.72 Å². The van der Waals surface area contributed by atoms with Crippen LogP contribution in [-0.4, -0.2) is 13.4 Å². The third kappa shape index (κ3) is 3.87. The molecule has 3 aromatic rings. The maximum Gasteiger partial charge on any atom is 0.241 e. The number of hydrogen-bond donors (Lipinski definition) is 1. The van der Waals surface area contributed by atoms with Gasteiger partial charge in [-0.05, 0) is 37.6 Å². The molecule has 2 heterocycles. The average Bonchev–Trinajstić information content (AvgIpc) is 3.12. The summed E-state index contributed by atoms with van der Waals surface area (Å²) in [4.78, 5) is 6.33. The third-order valence-corrected chi connectivity index (χ3v) is 7.13. The Balaban J connectivity index is 1.83. The van der Waals surface area contributed by atoms with E-state index in [-0.39, 0.29) is 6.54 Å². The van der Waals surface area contributed by atoms with Gasteiger partial charge < -0.3 is 0 Å². The SMILES string of the molecule is Cc1nc(-c2cc(S(=O)(=O)NCc3cccc(Cl)c3)c(C)s2)cs1. The molecule has 126 valence electrons. The highest BCUT2D eigenvalue weighted by molar-refractivity contribution is 7.89. The molecule has 2 aromatic heterocycles. The summed E-state index contributed by atoms with van der Waals surface area (Å²) >= 11 is 8.91. The zero-order chi connectivity index (χ0) is 17.3. The first kappa shape index (κ1) is 17.6. The Labute approximate surface area is 154 Å². The van der Waals surface area contributed by atoms with Crippen molar-refractivity contribution < 1.29 is 8.42 Å². The maximum absolute atomic E-state index is 12.6. The molecule has 0 amide bonds. The number of nitrogens with one attached hydrogen (secondary N) is 1. The van der Waals surface area contributed by atoms with Gasteiger partial charge in [-0.25, -0.2) is 18.1 Å². The molecule has 4 nitrogen and oxygen atoms in total. The van der Waals surface area contributed by atoms with Crippen molar-refractivity contribution in [3.8, 4) is 10.6 Å². The van der Waals surface area contributed by atoms with Crippen LogP contribution in [0.5, 0.6) is 0 Å². The van der Waals surface area contributed by atoms with E-state index in [2.05, 4.69) is 9.71 Å². The summed E-state index contributed by atoms with van der Waals surface area (Å²) in [6.45, 7) is 3.93. The second-order valence-electron chi connectivity index (χ2n) is 5.24. The van der Waals surface area contributed by atoms with Gasteiger partial charge in [0, 0.05) is 21.8 Å². The fraction of sp³-hybridized carbons (Fsp3) is 0.188. The smallest absolute Gasteiger partial charge is 0.241 e. The van der Waals surface area contributed by atoms with Gasteiger partial charge in [-0.2, -0.15) is 0 Å². The van der Waals surface area contributed by atoms with Crippen molar-refractivity contribution in [3.05, 3.63) is 56.2 Å². The molecular formula is C16H15ClN2O2S3. The summed E-state index contributed by atoms with van der Waals surface area (Å²) in [5.41, 5.74) is 1.64. The third-order valence-electron chi connectivity index (χ3n) is 3.39. The zero-order valence-corrected chi connectivity index (χ0v) is 16.2. The molecule has 1 N–H and O–H groups in total. The van der Waals surface area contributed by atoms with Crippen LogP contribution in [0.1, 0.15) is 15.4 Å². The molecule has 0 atom stereocenters. The Hall–Kier alpha value is -1.25. The number of aromatic nitrogens is 1. The molecule has 8 heteroatoms. The van der Waals surface area contributed by atoms with Crippen molar-refractivity contribution >= 4 is 44.3 Å². The van der Waals surface area contributed by atoms with Gasteiger partial charge in [-0.1, -0.05) is 23.7 Å². The molecule has 1 aromatic carbocycles. The van der Waals surface area contributed by atoms with Crippen LogP contribution in [0.4, 0.5) is 0 Å². The van der Waals surface area contributed by atoms with Crippen LogP contribution in [0.15, 0.2) is 40.6 Å². The monoisotopic (exact) mass is 398 g/mol. The highest BCUT2D eigenvalue weighted by Crippen LogP contribution is 2.34. The predicted octanol–water partition coefficient (Wildman–Crippen LogP) is 4.62. The highest BCUT2D eigenvalue weighted by Gasteiger charge is 2.21. The molecule has 0 radical (unpaired) electrons. The number of rotatable bonds is 5. The quantitative estimate of drug-likeness (QED) is 0.682. The lowest BCUT2D eigenvalue weighted by Gasteiger charge is -2.06. The predicted molar refractivity (Wildman–Crippen MR) is 100 cm³/mol. The first-order valence-corrected chi connectivity index (χ1v) is 10.7. The van der Waals surface area contributed by atoms with E-state index in [4.69, 9.17) is 11.6 Å². The number of halogens is 1. The van der Waals surface area contributed by atoms with Crippen molar-refractivity contribution in [2.45, 2.75) is 25.3 Å². The molecule has 0 saturated heterocycles. The van der Waals surface area contributed by atoms with Crippen LogP contribution in [0, 0.1) is 13.8 Å². The van der Waals surface area contributed by atoms with Gasteiger partial charge in [-0.15, -0.1) is 22.7 Å². The van der Waals surface area contributed by atoms with Crippen LogP contribution in [0.2, 0.25) is 5.02 Å². The van der Waals surface area contributed by atoms with Crippen molar-refractivity contribution in [3.63, 3.8) is 0 Å². The van der Waals surface area contributed by atoms with Crippen LogP contribution in [0.25, 0.3) is 10.6 Å². The van der Waals surface area contributed by atoms with E-state index in [0.717, 1.165) is 26.0 Å². The fourth-order valence-electron chi connectivity index (χ4n) is 2.24. The van der Waals surface area contributed by atoms with Gasteiger partial charge in [0.25, 0.3) is 0 Å². The number of hydrogen-bond acceptors (Lipinski definition) is 5. The minimum Gasteiger partial charge on any atom is -0.241 e. The number of thiophene rings is 1. The number of sulfonamides is 1. The van der Waals surface area contributed by atoms with E-state index in [9.17, 15) is 8.42 Å². The molecule has 0 aliphatic heterocycles. The summed E-state index contributed by atoms with van der Waals surface area (Å²) in [7, 11) is -3.59. The Kier molecular flexibility index (Phi) is 5.08. The van der Waals surface area contributed by atoms with E-state index >= 15 is 0 Å². The fourth-order valence-corrected chi connectivity index (χ4v) is 5.71. The van der Waals surface area contributed by atoms with Crippen LogP contribution in [0.3, 0.4) is 0 Å². The summed E-state index contributed by atoms with van der Waals surface area (Å²) in [5.74, 6) is 0. The Bertz CT molecular complexity index is 977. The first-order chi connectivity index (χ1) is 11.3. The van der Waals surface area contributed by atoms with Gasteiger partial charge >= 0.3 is 0 Å². The van der Waals surface area contributed by atoms with Crippen molar-refractivity contribution in [1.29, 1.82) is 0 Å². The molecule has 0 aliphatic rings. The minimum absolute atomic E-state index is 0.198. The molecule has 0 fully saturated rings. The standard InChI is InChI=1S/C16H15ClN2O2S3/c1-10-16(7-15(23-10)14-9-22-11(2)19-14)24(20,21)18-8-12-4-3-5-13(17)6-12/h3-7,9,18H,8H2,1-2H3. The Morgan fingerprint density at radius 3 is 2.71 bits per heavy atom. The summed E-state index contributed by atoms with van der Waals surface area (Å²) in [6, 6.07) is 8.82. The normalized spacial score (nSPS) is 11.8. The number of benzene rings is 1. The summed E-state index contributed by atoms with van der Waals surface area (Å²) < 4.78 is 27.8. The van der Waals surface area contributed by atoms with Crippen molar-refractivity contribution in [1.82, 2.24) is 9.71 Å². The van der Waals surface area contributed by atoms with Crippen molar-refractivity contribution in [2.75, 3.05) is 0 Å². The highest BCUT2D eigenvalue weighted by atomic mass is 35.5. The first-order valence-electron chi connectivity index (χ1n) is 7.12. The number of nitrogens with zero attached hydrogens (tertiary/aromatic N) is 1. The molecule has 24 heavy (non-hydrogen) atoms. The van der Waals surface area contributed by atoms with E-state index < -0.39 is 10.0 Å². The van der Waals surface area contributed by atoms with Gasteiger partial charge in [0.15, 0.2) is 0 Å². The second kappa shape index (κ2) is 6.93. The largest absolute Gasteiger partial charge is 0.241 e. The molecule has 3 rings (SSSR count). The molecular weight excluding hydrogens is 384 g/mol. The van der Waals surface area contributed by atoms with Crippen molar-refractivity contribution in [2.24, 2.45) is 0 Å². The molecule has 0 spiro atoms. The maximum atomic E-state index is 12.6. The molecule has 0 unspecified atom stereocenters. The number of thiazole rings is 1. The number of aryl methyl sites for hydroxylation is 2. The molecule has 0 bridgehead atoms. The lowest BCUT2D eigenvalue weighted by atomic mass is 10.2. The zero-order valence-electron chi connectivity index (χ0n) is 13.0. The Morgan fingerprint density at radius 2 is 2.04 bits per heavy atom. The van der Waals surface area contributed by atoms with Crippen LogP contribution >= 0.6 is 34.3 Å². The lowest BCUT2D eigenvalue weighted by Crippen LogP contribution is -2.23. The van der Waals surface area contributed by atoms with Gasteiger partial charge in [0.1, 0.15) is 0 Å².